The molecule has 2 aromatic rings. The van der Waals surface area contributed by atoms with Crippen molar-refractivity contribution in [3.63, 3.8) is 0 Å². The molecule has 1 N–H and O–H groups in total. The number of hydrogen-bond acceptors (Lipinski definition) is 4. The molecular formula is C15H18ClN3S. The second-order valence-corrected chi connectivity index (χ2v) is 5.76. The van der Waals surface area contributed by atoms with E-state index in [2.05, 4.69) is 29.1 Å². The lowest BCUT2D eigenvalue weighted by molar-refractivity contribution is 0.855. The Morgan fingerprint density at radius 3 is 2.70 bits per heavy atom. The van der Waals surface area contributed by atoms with Gasteiger partial charge in [0.2, 0.25) is 0 Å². The van der Waals surface area contributed by atoms with E-state index in [1.807, 2.05) is 24.3 Å². The van der Waals surface area contributed by atoms with Gasteiger partial charge >= 0.3 is 0 Å². The SMILES string of the molecule is CCCc1c(NCC)ncnc1Sc1ccccc1Cl. The van der Waals surface area contributed by atoms with Crippen LogP contribution in [-0.2, 0) is 6.42 Å². The van der Waals surface area contributed by atoms with Gasteiger partial charge in [-0.25, -0.2) is 9.97 Å². The molecular weight excluding hydrogens is 290 g/mol. The Labute approximate surface area is 129 Å². The number of nitrogens with one attached hydrogen (secondary N) is 1. The summed E-state index contributed by atoms with van der Waals surface area (Å²) >= 11 is 7.82. The minimum absolute atomic E-state index is 0.753. The van der Waals surface area contributed by atoms with Crippen molar-refractivity contribution >= 4 is 29.2 Å². The normalized spacial score (nSPS) is 10.6. The first kappa shape index (κ1) is 15.1. The fourth-order valence-electron chi connectivity index (χ4n) is 1.91. The molecule has 0 aliphatic rings. The summed E-state index contributed by atoms with van der Waals surface area (Å²) in [5, 5.41) is 5.04. The van der Waals surface area contributed by atoms with Gasteiger partial charge < -0.3 is 5.32 Å². The molecule has 1 aromatic carbocycles. The van der Waals surface area contributed by atoms with Gasteiger partial charge in [-0.2, -0.15) is 0 Å². The fourth-order valence-corrected chi connectivity index (χ4v) is 3.10. The van der Waals surface area contributed by atoms with Crippen LogP contribution in [0.15, 0.2) is 40.5 Å². The van der Waals surface area contributed by atoms with E-state index in [4.69, 9.17) is 11.6 Å². The Morgan fingerprint density at radius 1 is 1.20 bits per heavy atom. The largest absolute Gasteiger partial charge is 0.370 e. The van der Waals surface area contributed by atoms with Crippen LogP contribution in [0.4, 0.5) is 5.82 Å². The van der Waals surface area contributed by atoms with Crippen LogP contribution in [0.3, 0.4) is 0 Å². The summed E-state index contributed by atoms with van der Waals surface area (Å²) in [6.07, 6.45) is 3.62. The monoisotopic (exact) mass is 307 g/mol. The van der Waals surface area contributed by atoms with Crippen LogP contribution in [0, 0.1) is 0 Å². The Hall–Kier alpha value is -1.26. The van der Waals surface area contributed by atoms with Crippen molar-refractivity contribution < 1.29 is 0 Å². The average Bonchev–Trinajstić information content (AvgIpc) is 2.45. The van der Waals surface area contributed by atoms with Crippen LogP contribution < -0.4 is 5.32 Å². The van der Waals surface area contributed by atoms with E-state index in [0.717, 1.165) is 40.1 Å². The highest BCUT2D eigenvalue weighted by Crippen LogP contribution is 2.35. The van der Waals surface area contributed by atoms with Gasteiger partial charge in [0.05, 0.1) is 5.02 Å². The van der Waals surface area contributed by atoms with E-state index < -0.39 is 0 Å². The Balaban J connectivity index is 2.35. The minimum Gasteiger partial charge on any atom is -0.370 e. The van der Waals surface area contributed by atoms with Gasteiger partial charge in [0.15, 0.2) is 0 Å². The molecule has 0 fully saturated rings. The highest BCUT2D eigenvalue weighted by atomic mass is 35.5. The molecule has 0 aliphatic heterocycles. The third kappa shape index (κ3) is 3.64. The predicted octanol–water partition coefficient (Wildman–Crippen LogP) is 4.67. The minimum atomic E-state index is 0.753. The predicted molar refractivity (Wildman–Crippen MR) is 85.8 cm³/mol. The molecule has 0 amide bonds. The molecule has 1 heterocycles. The van der Waals surface area contributed by atoms with E-state index in [0.29, 0.717) is 0 Å². The van der Waals surface area contributed by atoms with Crippen molar-refractivity contribution in [1.82, 2.24) is 9.97 Å². The lowest BCUT2D eigenvalue weighted by atomic mass is 10.2. The Bertz CT molecular complexity index is 575. The van der Waals surface area contributed by atoms with Crippen LogP contribution in [0.1, 0.15) is 25.8 Å². The first-order valence-electron chi connectivity index (χ1n) is 6.76. The maximum absolute atomic E-state index is 6.22. The van der Waals surface area contributed by atoms with Gasteiger partial charge in [-0.3, -0.25) is 0 Å². The summed E-state index contributed by atoms with van der Waals surface area (Å²) in [4.78, 5) is 9.79. The summed E-state index contributed by atoms with van der Waals surface area (Å²) in [5.41, 5.74) is 1.17. The van der Waals surface area contributed by atoms with E-state index in [-0.39, 0.29) is 0 Å². The number of benzene rings is 1. The van der Waals surface area contributed by atoms with Crippen LogP contribution in [-0.4, -0.2) is 16.5 Å². The molecule has 0 saturated heterocycles. The van der Waals surface area contributed by atoms with Crippen molar-refractivity contribution in [1.29, 1.82) is 0 Å². The molecule has 0 spiro atoms. The average molecular weight is 308 g/mol. The second-order valence-electron chi connectivity index (χ2n) is 4.32. The zero-order chi connectivity index (χ0) is 14.4. The first-order chi connectivity index (χ1) is 9.76. The van der Waals surface area contributed by atoms with E-state index in [9.17, 15) is 0 Å². The zero-order valence-electron chi connectivity index (χ0n) is 11.7. The number of anilines is 1. The molecule has 0 saturated carbocycles. The molecule has 0 unspecified atom stereocenters. The molecule has 3 nitrogen and oxygen atoms in total. The summed E-state index contributed by atoms with van der Waals surface area (Å²) < 4.78 is 0. The smallest absolute Gasteiger partial charge is 0.133 e. The lowest BCUT2D eigenvalue weighted by Gasteiger charge is -2.13. The van der Waals surface area contributed by atoms with E-state index >= 15 is 0 Å². The summed E-state index contributed by atoms with van der Waals surface area (Å²) in [5.74, 6) is 0.930. The standard InChI is InChI=1S/C15H18ClN3S/c1-3-7-11-14(17-4-2)18-10-19-15(11)20-13-9-6-5-8-12(13)16/h5-6,8-10H,3-4,7H2,1-2H3,(H,17,18,19). The third-order valence-electron chi connectivity index (χ3n) is 2.79. The molecule has 0 atom stereocenters. The first-order valence-corrected chi connectivity index (χ1v) is 7.95. The van der Waals surface area contributed by atoms with Gasteiger partial charge in [0.1, 0.15) is 17.2 Å². The highest BCUT2D eigenvalue weighted by Gasteiger charge is 2.12. The highest BCUT2D eigenvalue weighted by molar-refractivity contribution is 7.99. The van der Waals surface area contributed by atoms with E-state index in [1.54, 1.807) is 18.1 Å². The quantitative estimate of drug-likeness (QED) is 0.787. The second kappa shape index (κ2) is 7.50. The molecule has 1 aromatic heterocycles. The van der Waals surface area contributed by atoms with Gasteiger partial charge in [-0.15, -0.1) is 0 Å². The summed E-state index contributed by atoms with van der Waals surface area (Å²) in [6.45, 7) is 5.08. The Morgan fingerprint density at radius 2 is 2.00 bits per heavy atom. The fraction of sp³-hybridized carbons (Fsp3) is 0.333. The number of aromatic nitrogens is 2. The molecule has 20 heavy (non-hydrogen) atoms. The third-order valence-corrected chi connectivity index (χ3v) is 4.36. The van der Waals surface area contributed by atoms with Crippen LogP contribution in [0.2, 0.25) is 5.02 Å². The van der Waals surface area contributed by atoms with E-state index in [1.165, 1.54) is 5.56 Å². The Kier molecular flexibility index (Phi) is 5.68. The van der Waals surface area contributed by atoms with Gasteiger partial charge in [-0.1, -0.05) is 48.8 Å². The van der Waals surface area contributed by atoms with Crippen LogP contribution in [0.5, 0.6) is 0 Å². The lowest BCUT2D eigenvalue weighted by Crippen LogP contribution is -2.06. The van der Waals surface area contributed by atoms with Crippen LogP contribution in [0.25, 0.3) is 0 Å². The van der Waals surface area contributed by atoms with Gasteiger partial charge in [0, 0.05) is 17.0 Å². The summed E-state index contributed by atoms with van der Waals surface area (Å²) in [7, 11) is 0. The van der Waals surface area contributed by atoms with Crippen molar-refractivity contribution in [3.05, 3.63) is 41.2 Å². The molecule has 0 aliphatic carbocycles. The zero-order valence-corrected chi connectivity index (χ0v) is 13.3. The number of halogens is 1. The van der Waals surface area contributed by atoms with Gasteiger partial charge in [0.25, 0.3) is 0 Å². The van der Waals surface area contributed by atoms with Crippen molar-refractivity contribution in [2.75, 3.05) is 11.9 Å². The number of hydrogen-bond donors (Lipinski definition) is 1. The van der Waals surface area contributed by atoms with Crippen LogP contribution >= 0.6 is 23.4 Å². The molecule has 5 heteroatoms. The molecule has 0 bridgehead atoms. The topological polar surface area (TPSA) is 37.8 Å². The number of rotatable bonds is 6. The molecule has 0 radical (unpaired) electrons. The maximum atomic E-state index is 6.22. The molecule has 106 valence electrons. The van der Waals surface area contributed by atoms with Crippen molar-refractivity contribution in [2.45, 2.75) is 36.6 Å². The summed E-state index contributed by atoms with van der Waals surface area (Å²) in [6, 6.07) is 7.83. The maximum Gasteiger partial charge on any atom is 0.133 e. The number of nitrogens with zero attached hydrogens (tertiary/aromatic N) is 2. The van der Waals surface area contributed by atoms with Crippen molar-refractivity contribution in [3.8, 4) is 0 Å². The molecule has 2 rings (SSSR count). The van der Waals surface area contributed by atoms with Gasteiger partial charge in [-0.05, 0) is 25.5 Å². The van der Waals surface area contributed by atoms with Crippen molar-refractivity contribution in [2.24, 2.45) is 0 Å².